The normalized spacial score (nSPS) is 23.2. The molecule has 1 saturated heterocycles. The van der Waals surface area contributed by atoms with Gasteiger partial charge in [0.15, 0.2) is 11.8 Å². The predicted molar refractivity (Wildman–Crippen MR) is 131 cm³/mol. The first-order chi connectivity index (χ1) is 16.5. The number of aliphatic hydroxyl groups excluding tert-OH is 1. The third-order valence-electron chi connectivity index (χ3n) is 7.35. The van der Waals surface area contributed by atoms with Crippen LogP contribution in [0.25, 0.3) is 0 Å². The number of ketones is 1. The molecule has 2 aliphatic rings. The van der Waals surface area contributed by atoms with Gasteiger partial charge in [0, 0.05) is 18.7 Å². The average Bonchev–Trinajstić information content (AvgIpc) is 3.38. The van der Waals surface area contributed by atoms with Crippen LogP contribution in [0.4, 0.5) is 5.69 Å². The molecule has 1 heterocycles. The van der Waals surface area contributed by atoms with Gasteiger partial charge in [0.1, 0.15) is 11.4 Å². The number of hydrogen-bond donors (Lipinski definition) is 2. The summed E-state index contributed by atoms with van der Waals surface area (Å²) in [5.74, 6) is -0.177. The number of nitrogens with zero attached hydrogens (tertiary/aromatic N) is 1. The minimum atomic E-state index is -0.968. The zero-order chi connectivity index (χ0) is 24.1. The van der Waals surface area contributed by atoms with Gasteiger partial charge in [0.05, 0.1) is 6.61 Å². The molecule has 0 bridgehead atoms. The number of hydrogen-bond acceptors (Lipinski definition) is 6. The van der Waals surface area contributed by atoms with E-state index in [2.05, 4.69) is 0 Å². The van der Waals surface area contributed by atoms with E-state index in [0.29, 0.717) is 19.4 Å². The van der Waals surface area contributed by atoms with Gasteiger partial charge in [0.2, 0.25) is 0 Å². The van der Waals surface area contributed by atoms with E-state index >= 15 is 0 Å². The van der Waals surface area contributed by atoms with E-state index in [4.69, 9.17) is 4.74 Å². The molecule has 0 amide bonds. The van der Waals surface area contributed by atoms with E-state index in [1.54, 1.807) is 12.1 Å². The van der Waals surface area contributed by atoms with Gasteiger partial charge in [0.25, 0.3) is 0 Å². The largest absolute Gasteiger partial charge is 0.508 e. The van der Waals surface area contributed by atoms with Crippen molar-refractivity contribution in [3.05, 3.63) is 59.7 Å². The first-order valence-electron chi connectivity index (χ1n) is 12.5. The summed E-state index contributed by atoms with van der Waals surface area (Å²) < 4.78 is 6.28. The summed E-state index contributed by atoms with van der Waals surface area (Å²) in [5.41, 5.74) is 1.66. The minimum absolute atomic E-state index is 0.0955. The Bertz CT molecular complexity index is 995. The average molecular weight is 466 g/mol. The molecule has 0 aromatic heterocycles. The van der Waals surface area contributed by atoms with E-state index in [1.807, 2.05) is 48.2 Å². The third kappa shape index (κ3) is 5.12. The van der Waals surface area contributed by atoms with Crippen molar-refractivity contribution in [3.8, 4) is 5.75 Å². The third-order valence-corrected chi connectivity index (χ3v) is 7.35. The van der Waals surface area contributed by atoms with Crippen LogP contribution in [0, 0.1) is 5.92 Å². The molecule has 6 nitrogen and oxygen atoms in total. The van der Waals surface area contributed by atoms with Crippen LogP contribution in [-0.2, 0) is 27.4 Å². The fourth-order valence-corrected chi connectivity index (χ4v) is 5.69. The number of cyclic esters (lactones) is 1. The number of aryl methyl sites for hydroxylation is 1. The van der Waals surface area contributed by atoms with Crippen LogP contribution in [0.2, 0.25) is 0 Å². The second-order valence-corrected chi connectivity index (χ2v) is 9.70. The Labute approximate surface area is 201 Å². The van der Waals surface area contributed by atoms with Gasteiger partial charge in [-0.2, -0.15) is 0 Å². The van der Waals surface area contributed by atoms with Gasteiger partial charge in [-0.1, -0.05) is 44.0 Å². The summed E-state index contributed by atoms with van der Waals surface area (Å²) in [6, 6.07) is 13.5. The molecule has 6 heteroatoms. The maximum atomic E-state index is 13.7. The highest BCUT2D eigenvalue weighted by molar-refractivity contribution is 6.08. The Morgan fingerprint density at radius 3 is 2.47 bits per heavy atom. The van der Waals surface area contributed by atoms with Crippen molar-refractivity contribution in [2.45, 2.75) is 76.5 Å². The first-order valence-corrected chi connectivity index (χ1v) is 12.5. The molecular formula is C28H35NO5. The lowest BCUT2D eigenvalue weighted by molar-refractivity contribution is -0.181. The topological polar surface area (TPSA) is 87.1 Å². The molecule has 2 aromatic rings. The summed E-state index contributed by atoms with van der Waals surface area (Å²) in [5, 5.41) is 19.4. The standard InChI is InChI=1S/C28H35NO5/c1-2-15-29(23-11-5-8-21(16-23)19-30)26-25(32)18-28(34-27(26)33,22-9-3-4-10-22)14-13-20-7-6-12-24(31)17-20/h5-8,11-12,16-17,22,26,30-31H,2-4,9-10,13-15,18-19H2,1H3. The summed E-state index contributed by atoms with van der Waals surface area (Å²) >= 11 is 0. The van der Waals surface area contributed by atoms with Gasteiger partial charge in [-0.15, -0.1) is 0 Å². The molecule has 1 aliphatic heterocycles. The lowest BCUT2D eigenvalue weighted by atomic mass is 9.75. The zero-order valence-corrected chi connectivity index (χ0v) is 19.9. The molecule has 182 valence electrons. The van der Waals surface area contributed by atoms with Gasteiger partial charge < -0.3 is 19.8 Å². The fraction of sp³-hybridized carbons (Fsp3) is 0.500. The highest BCUT2D eigenvalue weighted by Crippen LogP contribution is 2.45. The number of carbonyl (C=O) groups is 2. The number of phenols is 1. The number of benzene rings is 2. The van der Waals surface area contributed by atoms with Crippen LogP contribution >= 0.6 is 0 Å². The molecule has 0 spiro atoms. The summed E-state index contributed by atoms with van der Waals surface area (Å²) in [7, 11) is 0. The molecule has 2 fully saturated rings. The molecule has 1 aliphatic carbocycles. The summed E-state index contributed by atoms with van der Waals surface area (Å²) in [4.78, 5) is 29.0. The number of aliphatic hydroxyl groups is 1. The molecule has 1 saturated carbocycles. The van der Waals surface area contributed by atoms with Crippen LogP contribution in [0.15, 0.2) is 48.5 Å². The van der Waals surface area contributed by atoms with Gasteiger partial charge in [-0.25, -0.2) is 4.79 Å². The van der Waals surface area contributed by atoms with Crippen LogP contribution in [0.1, 0.15) is 63.0 Å². The van der Waals surface area contributed by atoms with Crippen molar-refractivity contribution in [1.29, 1.82) is 0 Å². The van der Waals surface area contributed by atoms with Gasteiger partial charge in [-0.3, -0.25) is 4.79 Å². The molecule has 2 unspecified atom stereocenters. The maximum absolute atomic E-state index is 13.7. The van der Waals surface area contributed by atoms with Crippen molar-refractivity contribution in [3.63, 3.8) is 0 Å². The lowest BCUT2D eigenvalue weighted by Crippen LogP contribution is -2.59. The molecule has 2 aromatic carbocycles. The number of Topliss-reactive ketones (excluding diaryl/α,β-unsaturated/α-hetero) is 1. The van der Waals surface area contributed by atoms with E-state index in [9.17, 15) is 19.8 Å². The summed E-state index contributed by atoms with van der Waals surface area (Å²) in [6.07, 6.45) is 6.28. The van der Waals surface area contributed by atoms with E-state index < -0.39 is 17.6 Å². The van der Waals surface area contributed by atoms with E-state index in [1.165, 1.54) is 0 Å². The van der Waals surface area contributed by atoms with Crippen molar-refractivity contribution in [1.82, 2.24) is 0 Å². The zero-order valence-electron chi connectivity index (χ0n) is 19.9. The van der Waals surface area contributed by atoms with Gasteiger partial charge >= 0.3 is 5.97 Å². The first kappa shape index (κ1) is 24.3. The Balaban J connectivity index is 1.60. The Kier molecular flexibility index (Phi) is 7.57. The molecule has 0 radical (unpaired) electrons. The highest BCUT2D eigenvalue weighted by Gasteiger charge is 2.53. The molecular weight excluding hydrogens is 430 g/mol. The quantitative estimate of drug-likeness (QED) is 0.417. The van der Waals surface area contributed by atoms with E-state index in [-0.39, 0.29) is 30.5 Å². The smallest absolute Gasteiger partial charge is 0.337 e. The maximum Gasteiger partial charge on any atom is 0.337 e. The number of aromatic hydroxyl groups is 1. The second-order valence-electron chi connectivity index (χ2n) is 9.70. The minimum Gasteiger partial charge on any atom is -0.508 e. The van der Waals surface area contributed by atoms with Crippen molar-refractivity contribution in [2.24, 2.45) is 5.92 Å². The Hall–Kier alpha value is -2.86. The molecule has 2 N–H and O–H groups in total. The Morgan fingerprint density at radius 1 is 1.06 bits per heavy atom. The van der Waals surface area contributed by atoms with Crippen molar-refractivity contribution >= 4 is 17.4 Å². The van der Waals surface area contributed by atoms with Crippen LogP contribution in [0.3, 0.4) is 0 Å². The van der Waals surface area contributed by atoms with Gasteiger partial charge in [-0.05, 0) is 73.4 Å². The van der Waals surface area contributed by atoms with Crippen molar-refractivity contribution < 1.29 is 24.5 Å². The van der Waals surface area contributed by atoms with Crippen LogP contribution in [-0.4, -0.2) is 40.2 Å². The summed E-state index contributed by atoms with van der Waals surface area (Å²) in [6.45, 7) is 2.45. The number of anilines is 1. The SMILES string of the molecule is CCCN(c1cccc(CO)c1)C1C(=O)CC(CCc2cccc(O)c2)(C2CCCC2)OC1=O. The number of rotatable bonds is 9. The molecule has 2 atom stereocenters. The lowest BCUT2D eigenvalue weighted by Gasteiger charge is -2.45. The monoisotopic (exact) mass is 465 g/mol. The fourth-order valence-electron chi connectivity index (χ4n) is 5.69. The number of esters is 1. The van der Waals surface area contributed by atoms with Crippen LogP contribution in [0.5, 0.6) is 5.75 Å². The second kappa shape index (κ2) is 10.6. The van der Waals surface area contributed by atoms with Crippen molar-refractivity contribution in [2.75, 3.05) is 11.4 Å². The van der Waals surface area contributed by atoms with Crippen LogP contribution < -0.4 is 4.90 Å². The molecule has 4 rings (SSSR count). The highest BCUT2D eigenvalue weighted by atomic mass is 16.6. The number of carbonyl (C=O) groups excluding carboxylic acids is 2. The number of ether oxygens (including phenoxy) is 1. The molecule has 34 heavy (non-hydrogen) atoms. The van der Waals surface area contributed by atoms with E-state index in [0.717, 1.165) is 48.9 Å². The predicted octanol–water partition coefficient (Wildman–Crippen LogP) is 4.55. The Morgan fingerprint density at radius 2 is 1.79 bits per heavy atom. The number of phenolic OH excluding ortho intramolecular Hbond substituents is 1.